The minimum absolute atomic E-state index is 0.178. The van der Waals surface area contributed by atoms with Crippen molar-refractivity contribution in [1.82, 2.24) is 4.98 Å². The van der Waals surface area contributed by atoms with Crippen molar-refractivity contribution in [3.8, 4) is 6.07 Å². The normalized spacial score (nSPS) is 10.2. The van der Waals surface area contributed by atoms with Crippen LogP contribution in [0.3, 0.4) is 0 Å². The molecule has 3 aromatic rings. The van der Waals surface area contributed by atoms with Crippen LogP contribution < -0.4 is 5.32 Å². The van der Waals surface area contributed by atoms with E-state index in [1.54, 1.807) is 30.3 Å². The second kappa shape index (κ2) is 4.90. The van der Waals surface area contributed by atoms with E-state index in [9.17, 15) is 4.79 Å². The van der Waals surface area contributed by atoms with Gasteiger partial charge in [0.15, 0.2) is 0 Å². The Labute approximate surface area is 115 Å². The number of carbonyl (C=O) groups excluding carboxylic acids is 1. The quantitative estimate of drug-likeness (QED) is 0.743. The maximum atomic E-state index is 12.3. The number of nitriles is 1. The molecule has 0 fully saturated rings. The van der Waals surface area contributed by atoms with Crippen LogP contribution in [-0.2, 0) is 0 Å². The van der Waals surface area contributed by atoms with Crippen molar-refractivity contribution < 1.29 is 4.79 Å². The zero-order valence-electron chi connectivity index (χ0n) is 10.6. The van der Waals surface area contributed by atoms with E-state index >= 15 is 0 Å². The molecule has 0 atom stereocenters. The number of fused-ring (bicyclic) bond motifs is 1. The summed E-state index contributed by atoms with van der Waals surface area (Å²) in [5, 5.41) is 12.6. The first-order chi connectivity index (χ1) is 9.78. The maximum Gasteiger partial charge on any atom is 0.257 e. The molecule has 0 saturated heterocycles. The molecule has 4 heteroatoms. The van der Waals surface area contributed by atoms with E-state index in [-0.39, 0.29) is 5.91 Å². The zero-order chi connectivity index (χ0) is 13.9. The average molecular weight is 261 g/mol. The maximum absolute atomic E-state index is 12.3. The molecular weight excluding hydrogens is 250 g/mol. The van der Waals surface area contributed by atoms with Gasteiger partial charge < -0.3 is 10.3 Å². The van der Waals surface area contributed by atoms with Gasteiger partial charge in [0.1, 0.15) is 0 Å². The van der Waals surface area contributed by atoms with Crippen molar-refractivity contribution in [2.24, 2.45) is 0 Å². The van der Waals surface area contributed by atoms with Gasteiger partial charge in [0.05, 0.1) is 22.7 Å². The number of hydrogen-bond donors (Lipinski definition) is 2. The third-order valence-corrected chi connectivity index (χ3v) is 3.10. The minimum atomic E-state index is -0.178. The number of nitrogens with zero attached hydrogens (tertiary/aromatic N) is 1. The predicted octanol–water partition coefficient (Wildman–Crippen LogP) is 3.29. The van der Waals surface area contributed by atoms with Gasteiger partial charge in [-0.2, -0.15) is 5.26 Å². The van der Waals surface area contributed by atoms with Crippen molar-refractivity contribution in [2.75, 3.05) is 5.32 Å². The van der Waals surface area contributed by atoms with Crippen LogP contribution >= 0.6 is 0 Å². The summed E-state index contributed by atoms with van der Waals surface area (Å²) in [6, 6.07) is 16.3. The molecule has 0 aliphatic rings. The van der Waals surface area contributed by atoms with Crippen LogP contribution in [-0.4, -0.2) is 10.9 Å². The lowest BCUT2D eigenvalue weighted by molar-refractivity contribution is 0.102. The largest absolute Gasteiger partial charge is 0.361 e. The number of H-pyrrole nitrogens is 1. The Bertz CT molecular complexity index is 810. The molecule has 1 heterocycles. The van der Waals surface area contributed by atoms with Crippen molar-refractivity contribution >= 4 is 22.5 Å². The highest BCUT2D eigenvalue weighted by Crippen LogP contribution is 2.18. The number of para-hydroxylation sites is 1. The van der Waals surface area contributed by atoms with E-state index in [1.807, 2.05) is 30.5 Å². The first-order valence-corrected chi connectivity index (χ1v) is 6.15. The highest BCUT2D eigenvalue weighted by Gasteiger charge is 2.10. The highest BCUT2D eigenvalue weighted by molar-refractivity contribution is 6.11. The molecule has 0 aliphatic carbocycles. The second-order valence-corrected chi connectivity index (χ2v) is 4.39. The Kier molecular flexibility index (Phi) is 2.94. The molecule has 0 aliphatic heterocycles. The number of anilines is 1. The van der Waals surface area contributed by atoms with E-state index < -0.39 is 0 Å². The molecule has 0 saturated carbocycles. The van der Waals surface area contributed by atoms with Gasteiger partial charge >= 0.3 is 0 Å². The van der Waals surface area contributed by atoms with Gasteiger partial charge in [0.2, 0.25) is 0 Å². The summed E-state index contributed by atoms with van der Waals surface area (Å²) in [4.78, 5) is 15.4. The fraction of sp³-hybridized carbons (Fsp3) is 0. The molecule has 3 rings (SSSR count). The number of amides is 1. The van der Waals surface area contributed by atoms with Gasteiger partial charge in [-0.25, -0.2) is 0 Å². The zero-order valence-corrected chi connectivity index (χ0v) is 10.6. The number of rotatable bonds is 2. The molecule has 0 unspecified atom stereocenters. The summed E-state index contributed by atoms with van der Waals surface area (Å²) in [7, 11) is 0. The van der Waals surface area contributed by atoms with Gasteiger partial charge in [-0.05, 0) is 36.4 Å². The van der Waals surface area contributed by atoms with Gasteiger partial charge in [-0.3, -0.25) is 4.79 Å². The lowest BCUT2D eigenvalue weighted by atomic mass is 10.1. The second-order valence-electron chi connectivity index (χ2n) is 4.39. The molecule has 0 spiro atoms. The van der Waals surface area contributed by atoms with E-state index in [0.717, 1.165) is 10.9 Å². The van der Waals surface area contributed by atoms with Crippen molar-refractivity contribution in [1.29, 1.82) is 5.26 Å². The lowest BCUT2D eigenvalue weighted by Gasteiger charge is -2.06. The summed E-state index contributed by atoms with van der Waals surface area (Å²) in [6.07, 6.45) is 1.81. The standard InChI is InChI=1S/C16H11N3O/c17-10-11-4-6-13(7-5-11)19-16(20)14-3-1-2-12-8-9-18-15(12)14/h1-9,18H,(H,19,20). The third kappa shape index (κ3) is 2.13. The molecule has 4 nitrogen and oxygen atoms in total. The third-order valence-electron chi connectivity index (χ3n) is 3.10. The van der Waals surface area contributed by atoms with Crippen LogP contribution in [0.2, 0.25) is 0 Å². The molecule has 1 amide bonds. The SMILES string of the molecule is N#Cc1ccc(NC(=O)c2cccc3cc[nH]c23)cc1. The molecule has 1 aromatic heterocycles. The van der Waals surface area contributed by atoms with E-state index in [4.69, 9.17) is 5.26 Å². The fourth-order valence-electron chi connectivity index (χ4n) is 2.10. The number of aromatic nitrogens is 1. The number of hydrogen-bond acceptors (Lipinski definition) is 2. The van der Waals surface area contributed by atoms with Crippen LogP contribution in [0.5, 0.6) is 0 Å². The van der Waals surface area contributed by atoms with Gasteiger partial charge in [-0.15, -0.1) is 0 Å². The number of nitrogens with one attached hydrogen (secondary N) is 2. The fourth-order valence-corrected chi connectivity index (χ4v) is 2.10. The minimum Gasteiger partial charge on any atom is -0.361 e. The Morgan fingerprint density at radius 1 is 1.10 bits per heavy atom. The molecule has 20 heavy (non-hydrogen) atoms. The Balaban J connectivity index is 1.89. The lowest BCUT2D eigenvalue weighted by Crippen LogP contribution is -2.12. The summed E-state index contributed by atoms with van der Waals surface area (Å²) in [5.74, 6) is -0.178. The summed E-state index contributed by atoms with van der Waals surface area (Å²) < 4.78 is 0. The molecule has 2 N–H and O–H groups in total. The van der Waals surface area contributed by atoms with Crippen LogP contribution in [0.15, 0.2) is 54.7 Å². The summed E-state index contributed by atoms with van der Waals surface area (Å²) in [6.45, 7) is 0. The Hall–Kier alpha value is -3.06. The van der Waals surface area contributed by atoms with Gasteiger partial charge in [-0.1, -0.05) is 12.1 Å². The van der Waals surface area contributed by atoms with Crippen molar-refractivity contribution in [2.45, 2.75) is 0 Å². The number of aromatic amines is 1. The topological polar surface area (TPSA) is 68.7 Å². The predicted molar refractivity (Wildman–Crippen MR) is 77.4 cm³/mol. The van der Waals surface area contributed by atoms with E-state index in [2.05, 4.69) is 10.3 Å². The average Bonchev–Trinajstić information content (AvgIpc) is 2.96. The van der Waals surface area contributed by atoms with E-state index in [1.165, 1.54) is 0 Å². The van der Waals surface area contributed by atoms with Crippen molar-refractivity contribution in [3.63, 3.8) is 0 Å². The van der Waals surface area contributed by atoms with Crippen molar-refractivity contribution in [3.05, 3.63) is 65.9 Å². The van der Waals surface area contributed by atoms with Gasteiger partial charge in [0.25, 0.3) is 5.91 Å². The first kappa shape index (κ1) is 12.0. The number of carbonyl (C=O) groups is 1. The Morgan fingerprint density at radius 2 is 1.90 bits per heavy atom. The summed E-state index contributed by atoms with van der Waals surface area (Å²) >= 11 is 0. The van der Waals surface area contributed by atoms with Crippen LogP contribution in [0, 0.1) is 11.3 Å². The van der Waals surface area contributed by atoms with Crippen LogP contribution in [0.25, 0.3) is 10.9 Å². The highest BCUT2D eigenvalue weighted by atomic mass is 16.1. The van der Waals surface area contributed by atoms with Crippen LogP contribution in [0.4, 0.5) is 5.69 Å². The molecule has 0 bridgehead atoms. The molecular formula is C16H11N3O. The Morgan fingerprint density at radius 3 is 2.65 bits per heavy atom. The molecule has 2 aromatic carbocycles. The summed E-state index contributed by atoms with van der Waals surface area (Å²) in [5.41, 5.74) is 2.64. The monoisotopic (exact) mass is 261 g/mol. The molecule has 0 radical (unpaired) electrons. The molecule has 96 valence electrons. The number of benzene rings is 2. The van der Waals surface area contributed by atoms with Gasteiger partial charge in [0, 0.05) is 17.3 Å². The smallest absolute Gasteiger partial charge is 0.257 e. The van der Waals surface area contributed by atoms with Crippen LogP contribution in [0.1, 0.15) is 15.9 Å². The first-order valence-electron chi connectivity index (χ1n) is 6.15. The van der Waals surface area contributed by atoms with E-state index in [0.29, 0.717) is 16.8 Å².